The Morgan fingerprint density at radius 2 is 1.87 bits per heavy atom. The lowest BCUT2D eigenvalue weighted by molar-refractivity contribution is 0.0205. The van der Waals surface area contributed by atoms with Gasteiger partial charge in [-0.3, -0.25) is 9.89 Å². The summed E-state index contributed by atoms with van der Waals surface area (Å²) in [6, 6.07) is 3.93. The highest BCUT2D eigenvalue weighted by Crippen LogP contribution is 2.14. The molecule has 2 fully saturated rings. The molecule has 0 atom stereocenters. The van der Waals surface area contributed by atoms with Crippen LogP contribution in [-0.4, -0.2) is 89.8 Å². The topological polar surface area (TPSA) is 80.5 Å². The molecule has 0 saturated carbocycles. The Bertz CT molecular complexity index is 584. The normalized spacial score (nSPS) is 18.9. The monoisotopic (exact) mass is 436 g/mol. The third-order valence-electron chi connectivity index (χ3n) is 5.70. The molecule has 176 valence electrons. The molecule has 0 bridgehead atoms. The van der Waals surface area contributed by atoms with E-state index in [2.05, 4.69) is 15.5 Å². The maximum atomic E-state index is 5.86. The van der Waals surface area contributed by atoms with Gasteiger partial charge < -0.3 is 29.3 Å². The van der Waals surface area contributed by atoms with Crippen molar-refractivity contribution >= 4 is 5.96 Å². The Kier molecular flexibility index (Phi) is 11.8. The first-order valence-electron chi connectivity index (χ1n) is 11.9. The molecule has 0 spiro atoms. The molecule has 0 radical (unpaired) electrons. The van der Waals surface area contributed by atoms with Crippen LogP contribution < -0.4 is 10.6 Å². The molecule has 8 nitrogen and oxygen atoms in total. The molecule has 0 unspecified atom stereocenters. The predicted octanol–water partition coefficient (Wildman–Crippen LogP) is 1.91. The fourth-order valence-corrected chi connectivity index (χ4v) is 3.79. The fourth-order valence-electron chi connectivity index (χ4n) is 3.79. The van der Waals surface area contributed by atoms with Crippen molar-refractivity contribution < 1.29 is 18.6 Å². The van der Waals surface area contributed by atoms with Crippen LogP contribution in [-0.2, 0) is 20.6 Å². The van der Waals surface area contributed by atoms with Gasteiger partial charge in [0.25, 0.3) is 0 Å². The number of morpholine rings is 1. The number of ether oxygens (including phenoxy) is 3. The zero-order valence-electron chi connectivity index (χ0n) is 18.9. The molecule has 31 heavy (non-hydrogen) atoms. The van der Waals surface area contributed by atoms with Crippen molar-refractivity contribution in [3.05, 3.63) is 24.2 Å². The summed E-state index contributed by atoms with van der Waals surface area (Å²) < 4.78 is 22.1. The highest BCUT2D eigenvalue weighted by molar-refractivity contribution is 5.79. The molecule has 0 aliphatic carbocycles. The highest BCUT2D eigenvalue weighted by atomic mass is 16.5. The van der Waals surface area contributed by atoms with Gasteiger partial charge in [0.1, 0.15) is 5.76 Å². The summed E-state index contributed by atoms with van der Waals surface area (Å²) in [5.41, 5.74) is 0. The number of hydrogen-bond acceptors (Lipinski definition) is 6. The molecule has 0 amide bonds. The van der Waals surface area contributed by atoms with E-state index in [0.29, 0.717) is 5.92 Å². The van der Waals surface area contributed by atoms with E-state index in [1.807, 2.05) is 12.1 Å². The molecule has 0 aromatic carbocycles. The molecular weight excluding hydrogens is 396 g/mol. The van der Waals surface area contributed by atoms with Gasteiger partial charge in [-0.05, 0) is 50.3 Å². The molecule has 3 rings (SSSR count). The third-order valence-corrected chi connectivity index (χ3v) is 5.70. The van der Waals surface area contributed by atoms with Gasteiger partial charge in [0, 0.05) is 65.6 Å². The van der Waals surface area contributed by atoms with Crippen molar-refractivity contribution in [3.8, 4) is 0 Å². The number of guanidine groups is 1. The summed E-state index contributed by atoms with van der Waals surface area (Å²) in [7, 11) is 0. The van der Waals surface area contributed by atoms with Gasteiger partial charge in [0.05, 0.1) is 19.5 Å². The predicted molar refractivity (Wildman–Crippen MR) is 122 cm³/mol. The van der Waals surface area contributed by atoms with Crippen molar-refractivity contribution in [2.24, 2.45) is 10.9 Å². The van der Waals surface area contributed by atoms with Gasteiger partial charge in [0.15, 0.2) is 5.96 Å². The summed E-state index contributed by atoms with van der Waals surface area (Å²) >= 11 is 0. The Hall–Kier alpha value is -1.61. The van der Waals surface area contributed by atoms with Gasteiger partial charge in [-0.2, -0.15) is 0 Å². The first-order valence-corrected chi connectivity index (χ1v) is 11.9. The van der Waals surface area contributed by atoms with Crippen LogP contribution in [0.4, 0.5) is 0 Å². The van der Waals surface area contributed by atoms with E-state index in [1.54, 1.807) is 6.26 Å². The van der Waals surface area contributed by atoms with E-state index < -0.39 is 0 Å². The van der Waals surface area contributed by atoms with Crippen molar-refractivity contribution in [3.63, 3.8) is 0 Å². The molecule has 2 saturated heterocycles. The number of rotatable bonds is 13. The van der Waals surface area contributed by atoms with Crippen molar-refractivity contribution in [1.82, 2.24) is 15.5 Å². The molecule has 2 aliphatic heterocycles. The second-order valence-electron chi connectivity index (χ2n) is 8.21. The molecule has 2 N–H and O–H groups in total. The van der Waals surface area contributed by atoms with Crippen LogP contribution in [0.15, 0.2) is 27.8 Å². The SMILES string of the molecule is c1coc(CCNC(=NCCCOCC2CCOCC2)NCCCN2CCOCC2)c1. The number of nitrogens with one attached hydrogen (secondary N) is 2. The standard InChI is InChI=1S/C23H40N4O4/c1-4-22(31-15-1)5-10-26-23(24-8-2-11-27-12-18-29-19-13-27)25-9-3-14-30-20-21-6-16-28-17-7-21/h1,4,15,21H,2-3,5-14,16-20H2,(H2,24,25,26). The summed E-state index contributed by atoms with van der Waals surface area (Å²) in [6.07, 6.45) is 6.83. The first-order chi connectivity index (χ1) is 15.4. The number of nitrogens with zero attached hydrogens (tertiary/aromatic N) is 2. The summed E-state index contributed by atoms with van der Waals surface area (Å²) in [5, 5.41) is 6.91. The number of furan rings is 1. The van der Waals surface area contributed by atoms with E-state index >= 15 is 0 Å². The second-order valence-corrected chi connectivity index (χ2v) is 8.21. The van der Waals surface area contributed by atoms with Crippen LogP contribution in [0.1, 0.15) is 31.4 Å². The summed E-state index contributed by atoms with van der Waals surface area (Å²) in [6.45, 7) is 10.7. The molecule has 2 aliphatic rings. The number of aliphatic imine (C=N–C) groups is 1. The number of hydrogen-bond donors (Lipinski definition) is 2. The Labute approximate surface area is 186 Å². The van der Waals surface area contributed by atoms with Crippen molar-refractivity contribution in [2.75, 3.05) is 78.9 Å². The maximum absolute atomic E-state index is 5.86. The zero-order chi connectivity index (χ0) is 21.4. The minimum atomic E-state index is 0.657. The van der Waals surface area contributed by atoms with E-state index in [9.17, 15) is 0 Å². The van der Waals surface area contributed by atoms with Gasteiger partial charge in [0.2, 0.25) is 0 Å². The van der Waals surface area contributed by atoms with Gasteiger partial charge in [-0.25, -0.2) is 0 Å². The second kappa shape index (κ2) is 15.2. The van der Waals surface area contributed by atoms with Gasteiger partial charge in [-0.15, -0.1) is 0 Å². The zero-order valence-corrected chi connectivity index (χ0v) is 18.9. The molecule has 3 heterocycles. The average molecular weight is 437 g/mol. The molecule has 1 aromatic rings. The van der Waals surface area contributed by atoms with Crippen molar-refractivity contribution in [2.45, 2.75) is 32.1 Å². The van der Waals surface area contributed by atoms with Crippen LogP contribution in [0.3, 0.4) is 0 Å². The maximum Gasteiger partial charge on any atom is 0.191 e. The van der Waals surface area contributed by atoms with E-state index in [1.165, 1.54) is 0 Å². The van der Waals surface area contributed by atoms with E-state index in [0.717, 1.165) is 123 Å². The van der Waals surface area contributed by atoms with Gasteiger partial charge in [-0.1, -0.05) is 0 Å². The minimum absolute atomic E-state index is 0.657. The first kappa shape index (κ1) is 24.0. The van der Waals surface area contributed by atoms with Gasteiger partial charge >= 0.3 is 0 Å². The molecule has 8 heteroatoms. The average Bonchev–Trinajstić information content (AvgIpc) is 3.33. The smallest absolute Gasteiger partial charge is 0.191 e. The van der Waals surface area contributed by atoms with E-state index in [4.69, 9.17) is 23.6 Å². The summed E-state index contributed by atoms with van der Waals surface area (Å²) in [5.74, 6) is 2.52. The lowest BCUT2D eigenvalue weighted by Crippen LogP contribution is -2.41. The van der Waals surface area contributed by atoms with E-state index in [-0.39, 0.29) is 0 Å². The fraction of sp³-hybridized carbons (Fsp3) is 0.783. The van der Waals surface area contributed by atoms with Crippen LogP contribution in [0.5, 0.6) is 0 Å². The Morgan fingerprint density at radius 3 is 2.68 bits per heavy atom. The molecule has 1 aromatic heterocycles. The third kappa shape index (κ3) is 10.5. The van der Waals surface area contributed by atoms with Crippen LogP contribution in [0.2, 0.25) is 0 Å². The minimum Gasteiger partial charge on any atom is -0.469 e. The largest absolute Gasteiger partial charge is 0.469 e. The lowest BCUT2D eigenvalue weighted by Gasteiger charge is -2.26. The quantitative estimate of drug-likeness (QED) is 0.278. The summed E-state index contributed by atoms with van der Waals surface area (Å²) in [4.78, 5) is 7.20. The van der Waals surface area contributed by atoms with Crippen LogP contribution in [0.25, 0.3) is 0 Å². The lowest BCUT2D eigenvalue weighted by atomic mass is 10.0. The molecular formula is C23H40N4O4. The Morgan fingerprint density at radius 1 is 1.06 bits per heavy atom. The van der Waals surface area contributed by atoms with Crippen molar-refractivity contribution in [1.29, 1.82) is 0 Å². The highest BCUT2D eigenvalue weighted by Gasteiger charge is 2.13. The van der Waals surface area contributed by atoms with Crippen LogP contribution >= 0.6 is 0 Å². The van der Waals surface area contributed by atoms with Crippen LogP contribution in [0, 0.1) is 5.92 Å². The Balaban J connectivity index is 1.30.